The second-order valence-electron chi connectivity index (χ2n) is 5.28. The average Bonchev–Trinajstić information content (AvgIpc) is 2.22. The number of carbonyl (C=O) groups is 1. The van der Waals surface area contributed by atoms with E-state index in [4.69, 9.17) is 10.5 Å². The van der Waals surface area contributed by atoms with E-state index in [1.807, 2.05) is 13.8 Å². The Balaban J connectivity index is 3.39. The summed E-state index contributed by atoms with van der Waals surface area (Å²) in [5, 5.41) is 2.86. The number of rotatable bonds is 9. The smallest absolute Gasteiger partial charge is 0.221 e. The van der Waals surface area contributed by atoms with E-state index in [2.05, 4.69) is 19.2 Å². The first-order valence-electron chi connectivity index (χ1n) is 6.53. The Morgan fingerprint density at radius 1 is 1.29 bits per heavy atom. The van der Waals surface area contributed by atoms with Gasteiger partial charge in [-0.2, -0.15) is 0 Å². The van der Waals surface area contributed by atoms with Gasteiger partial charge >= 0.3 is 0 Å². The SMILES string of the molecule is CC(C)COCCCNC(=O)CC(N)C(C)C. The summed E-state index contributed by atoms with van der Waals surface area (Å²) in [5.74, 6) is 0.943. The zero-order valence-electron chi connectivity index (χ0n) is 11.7. The molecule has 0 saturated carbocycles. The molecule has 0 aliphatic heterocycles. The van der Waals surface area contributed by atoms with Crippen molar-refractivity contribution < 1.29 is 9.53 Å². The molecule has 1 atom stereocenters. The predicted molar refractivity (Wildman–Crippen MR) is 70.7 cm³/mol. The van der Waals surface area contributed by atoms with Crippen molar-refractivity contribution in [1.82, 2.24) is 5.32 Å². The van der Waals surface area contributed by atoms with Crippen molar-refractivity contribution in [1.29, 1.82) is 0 Å². The number of hydrogen-bond acceptors (Lipinski definition) is 3. The van der Waals surface area contributed by atoms with E-state index in [9.17, 15) is 4.79 Å². The van der Waals surface area contributed by atoms with Crippen LogP contribution in [0.2, 0.25) is 0 Å². The Hall–Kier alpha value is -0.610. The molecule has 0 heterocycles. The maximum Gasteiger partial charge on any atom is 0.221 e. The summed E-state index contributed by atoms with van der Waals surface area (Å²) in [6.45, 7) is 10.4. The highest BCUT2D eigenvalue weighted by molar-refractivity contribution is 5.76. The Morgan fingerprint density at radius 3 is 2.47 bits per heavy atom. The van der Waals surface area contributed by atoms with Crippen molar-refractivity contribution >= 4 is 5.91 Å². The largest absolute Gasteiger partial charge is 0.381 e. The van der Waals surface area contributed by atoms with Crippen LogP contribution < -0.4 is 11.1 Å². The Morgan fingerprint density at radius 2 is 1.94 bits per heavy atom. The molecule has 0 rings (SSSR count). The maximum atomic E-state index is 11.5. The Bertz CT molecular complexity index is 206. The van der Waals surface area contributed by atoms with Crippen LogP contribution in [-0.4, -0.2) is 31.7 Å². The molecular weight excluding hydrogens is 216 g/mol. The van der Waals surface area contributed by atoms with Gasteiger partial charge in [-0.1, -0.05) is 27.7 Å². The monoisotopic (exact) mass is 244 g/mol. The van der Waals surface area contributed by atoms with Crippen molar-refractivity contribution in [3.8, 4) is 0 Å². The van der Waals surface area contributed by atoms with E-state index in [1.54, 1.807) is 0 Å². The minimum atomic E-state index is -0.0489. The quantitative estimate of drug-likeness (QED) is 0.605. The van der Waals surface area contributed by atoms with Crippen LogP contribution in [0.3, 0.4) is 0 Å². The van der Waals surface area contributed by atoms with Crippen LogP contribution in [0.5, 0.6) is 0 Å². The van der Waals surface area contributed by atoms with E-state index < -0.39 is 0 Å². The first kappa shape index (κ1) is 16.4. The summed E-state index contributed by atoms with van der Waals surface area (Å²) in [6, 6.07) is -0.0489. The number of amides is 1. The van der Waals surface area contributed by atoms with Crippen LogP contribution in [0.4, 0.5) is 0 Å². The van der Waals surface area contributed by atoms with Crippen molar-refractivity contribution in [2.45, 2.75) is 46.6 Å². The predicted octanol–water partition coefficient (Wildman–Crippen LogP) is 1.54. The fourth-order valence-electron chi connectivity index (χ4n) is 1.24. The second kappa shape index (κ2) is 9.42. The molecule has 17 heavy (non-hydrogen) atoms. The van der Waals surface area contributed by atoms with Crippen molar-refractivity contribution in [2.75, 3.05) is 19.8 Å². The molecular formula is C13H28N2O2. The van der Waals surface area contributed by atoms with Gasteiger partial charge in [-0.05, 0) is 18.3 Å². The molecule has 0 spiro atoms. The van der Waals surface area contributed by atoms with Crippen LogP contribution >= 0.6 is 0 Å². The number of ether oxygens (including phenoxy) is 1. The van der Waals surface area contributed by atoms with Gasteiger partial charge in [0.2, 0.25) is 5.91 Å². The number of carbonyl (C=O) groups excluding carboxylic acids is 1. The van der Waals surface area contributed by atoms with Crippen LogP contribution in [0.1, 0.15) is 40.5 Å². The van der Waals surface area contributed by atoms with Crippen LogP contribution in [-0.2, 0) is 9.53 Å². The molecule has 0 aliphatic carbocycles. The average molecular weight is 244 g/mol. The molecule has 102 valence electrons. The molecule has 1 amide bonds. The summed E-state index contributed by atoms with van der Waals surface area (Å²) in [7, 11) is 0. The third kappa shape index (κ3) is 10.3. The van der Waals surface area contributed by atoms with Gasteiger partial charge in [0.15, 0.2) is 0 Å². The van der Waals surface area contributed by atoms with Crippen molar-refractivity contribution in [3.63, 3.8) is 0 Å². The lowest BCUT2D eigenvalue weighted by Crippen LogP contribution is -2.35. The molecule has 0 aromatic heterocycles. The molecule has 4 nitrogen and oxygen atoms in total. The number of hydrogen-bond donors (Lipinski definition) is 2. The molecule has 4 heteroatoms. The Kier molecular flexibility index (Phi) is 9.09. The van der Waals surface area contributed by atoms with Gasteiger partial charge in [0.05, 0.1) is 0 Å². The fourth-order valence-corrected chi connectivity index (χ4v) is 1.24. The molecule has 1 unspecified atom stereocenters. The summed E-state index contributed by atoms with van der Waals surface area (Å²) in [5.41, 5.74) is 5.82. The van der Waals surface area contributed by atoms with Gasteiger partial charge in [0, 0.05) is 32.2 Å². The van der Waals surface area contributed by atoms with Crippen LogP contribution in [0.25, 0.3) is 0 Å². The molecule has 0 aromatic rings. The highest BCUT2D eigenvalue weighted by Crippen LogP contribution is 2.02. The van der Waals surface area contributed by atoms with Gasteiger partial charge in [0.25, 0.3) is 0 Å². The van der Waals surface area contributed by atoms with Gasteiger partial charge in [-0.3, -0.25) is 4.79 Å². The molecule has 0 aromatic carbocycles. The normalized spacial score (nSPS) is 13.1. The zero-order valence-corrected chi connectivity index (χ0v) is 11.7. The third-order valence-corrected chi connectivity index (χ3v) is 2.52. The fraction of sp³-hybridized carbons (Fsp3) is 0.923. The maximum absolute atomic E-state index is 11.5. The lowest BCUT2D eigenvalue weighted by Gasteiger charge is -2.15. The topological polar surface area (TPSA) is 64.3 Å². The molecule has 0 radical (unpaired) electrons. The minimum Gasteiger partial charge on any atom is -0.381 e. The highest BCUT2D eigenvalue weighted by atomic mass is 16.5. The second-order valence-corrected chi connectivity index (χ2v) is 5.28. The van der Waals surface area contributed by atoms with Gasteiger partial charge < -0.3 is 15.8 Å². The van der Waals surface area contributed by atoms with Gasteiger partial charge in [-0.25, -0.2) is 0 Å². The summed E-state index contributed by atoms with van der Waals surface area (Å²) < 4.78 is 5.42. The van der Waals surface area contributed by atoms with Gasteiger partial charge in [-0.15, -0.1) is 0 Å². The van der Waals surface area contributed by atoms with E-state index in [0.717, 1.165) is 13.0 Å². The lowest BCUT2D eigenvalue weighted by molar-refractivity contribution is -0.121. The standard InChI is InChI=1S/C13H28N2O2/c1-10(2)9-17-7-5-6-15-13(16)8-12(14)11(3)4/h10-12H,5-9,14H2,1-4H3,(H,15,16). The van der Waals surface area contributed by atoms with Crippen molar-refractivity contribution in [3.05, 3.63) is 0 Å². The van der Waals surface area contributed by atoms with E-state index >= 15 is 0 Å². The molecule has 0 saturated heterocycles. The van der Waals surface area contributed by atoms with E-state index in [-0.39, 0.29) is 11.9 Å². The molecule has 3 N–H and O–H groups in total. The lowest BCUT2D eigenvalue weighted by atomic mass is 10.0. The summed E-state index contributed by atoms with van der Waals surface area (Å²) in [6.07, 6.45) is 1.26. The molecule has 0 fully saturated rings. The van der Waals surface area contributed by atoms with Crippen molar-refractivity contribution in [2.24, 2.45) is 17.6 Å². The minimum absolute atomic E-state index is 0.0371. The first-order chi connectivity index (χ1) is 7.93. The highest BCUT2D eigenvalue weighted by Gasteiger charge is 2.12. The summed E-state index contributed by atoms with van der Waals surface area (Å²) in [4.78, 5) is 11.5. The molecule has 0 bridgehead atoms. The first-order valence-corrected chi connectivity index (χ1v) is 6.53. The van der Waals surface area contributed by atoms with E-state index in [0.29, 0.717) is 31.4 Å². The third-order valence-electron chi connectivity index (χ3n) is 2.52. The molecule has 0 aliphatic rings. The van der Waals surface area contributed by atoms with Crippen LogP contribution in [0, 0.1) is 11.8 Å². The van der Waals surface area contributed by atoms with Gasteiger partial charge in [0.1, 0.15) is 0 Å². The van der Waals surface area contributed by atoms with E-state index in [1.165, 1.54) is 0 Å². The van der Waals surface area contributed by atoms with Crippen LogP contribution in [0.15, 0.2) is 0 Å². The zero-order chi connectivity index (χ0) is 13.3. The Labute approximate surface area is 105 Å². The number of nitrogens with two attached hydrogens (primary N) is 1. The number of nitrogens with one attached hydrogen (secondary N) is 1. The summed E-state index contributed by atoms with van der Waals surface area (Å²) >= 11 is 0.